The highest BCUT2D eigenvalue weighted by molar-refractivity contribution is 5.74. The van der Waals surface area contributed by atoms with Crippen molar-refractivity contribution < 1.29 is 4.79 Å². The Kier molecular flexibility index (Phi) is 6.12. The summed E-state index contributed by atoms with van der Waals surface area (Å²) in [5, 5.41) is 3.08. The van der Waals surface area contributed by atoms with Crippen molar-refractivity contribution in [2.75, 3.05) is 13.1 Å². The van der Waals surface area contributed by atoms with E-state index < -0.39 is 0 Å². The summed E-state index contributed by atoms with van der Waals surface area (Å²) < 4.78 is 2.27. The molecule has 0 bridgehead atoms. The number of carbonyl (C=O) groups excluding carboxylic acids is 1. The van der Waals surface area contributed by atoms with Crippen molar-refractivity contribution in [3.63, 3.8) is 0 Å². The summed E-state index contributed by atoms with van der Waals surface area (Å²) in [5.41, 5.74) is 4.56. The number of amides is 2. The van der Waals surface area contributed by atoms with Crippen molar-refractivity contribution in [2.24, 2.45) is 5.92 Å². The Labute approximate surface area is 178 Å². The number of pyridine rings is 1. The van der Waals surface area contributed by atoms with E-state index in [0.717, 1.165) is 55.1 Å². The third-order valence-electron chi connectivity index (χ3n) is 5.80. The van der Waals surface area contributed by atoms with Gasteiger partial charge in [0.25, 0.3) is 0 Å². The molecule has 0 radical (unpaired) electrons. The lowest BCUT2D eigenvalue weighted by Crippen LogP contribution is -2.46. The number of rotatable bonds is 5. The molecule has 4 rings (SSSR count). The number of urea groups is 1. The van der Waals surface area contributed by atoms with Crippen molar-refractivity contribution in [3.8, 4) is 11.4 Å². The van der Waals surface area contributed by atoms with E-state index >= 15 is 0 Å². The van der Waals surface area contributed by atoms with Gasteiger partial charge >= 0.3 is 6.03 Å². The average molecular weight is 404 g/mol. The van der Waals surface area contributed by atoms with Crippen molar-refractivity contribution in [2.45, 2.75) is 39.8 Å². The summed E-state index contributed by atoms with van der Waals surface area (Å²) in [4.78, 5) is 23.4. The van der Waals surface area contributed by atoms with Crippen LogP contribution in [-0.4, -0.2) is 38.6 Å². The van der Waals surface area contributed by atoms with Gasteiger partial charge in [0, 0.05) is 56.0 Å². The number of likely N-dealkylation sites (tertiary alicyclic amines) is 1. The topological polar surface area (TPSA) is 63.1 Å². The summed E-state index contributed by atoms with van der Waals surface area (Å²) in [6.07, 6.45) is 7.66. The van der Waals surface area contributed by atoms with E-state index in [-0.39, 0.29) is 6.03 Å². The van der Waals surface area contributed by atoms with Crippen molar-refractivity contribution >= 4 is 6.03 Å². The molecule has 6 nitrogen and oxygen atoms in total. The Morgan fingerprint density at radius 3 is 2.67 bits per heavy atom. The van der Waals surface area contributed by atoms with Crippen LogP contribution in [0, 0.1) is 19.8 Å². The smallest absolute Gasteiger partial charge is 0.317 e. The van der Waals surface area contributed by atoms with E-state index in [1.165, 1.54) is 5.56 Å². The summed E-state index contributed by atoms with van der Waals surface area (Å²) in [6.45, 7) is 7.17. The van der Waals surface area contributed by atoms with Crippen LogP contribution in [0.5, 0.6) is 0 Å². The number of benzene rings is 1. The van der Waals surface area contributed by atoms with E-state index in [4.69, 9.17) is 0 Å². The van der Waals surface area contributed by atoms with Crippen LogP contribution in [-0.2, 0) is 13.1 Å². The Hall–Kier alpha value is -3.15. The van der Waals surface area contributed by atoms with Crippen molar-refractivity contribution in [1.82, 2.24) is 24.8 Å². The zero-order valence-electron chi connectivity index (χ0n) is 17.7. The number of nitrogens with one attached hydrogen (secondary N) is 1. The monoisotopic (exact) mass is 403 g/mol. The van der Waals surface area contributed by atoms with Gasteiger partial charge in [-0.25, -0.2) is 9.78 Å². The van der Waals surface area contributed by atoms with Gasteiger partial charge in [0.05, 0.1) is 0 Å². The molecule has 2 amide bonds. The van der Waals surface area contributed by atoms with Crippen LogP contribution in [0.15, 0.2) is 55.0 Å². The van der Waals surface area contributed by atoms with Gasteiger partial charge in [-0.2, -0.15) is 0 Å². The van der Waals surface area contributed by atoms with E-state index in [9.17, 15) is 4.79 Å². The molecule has 1 fully saturated rings. The first-order valence-corrected chi connectivity index (χ1v) is 10.6. The molecule has 1 aromatic carbocycles. The summed E-state index contributed by atoms with van der Waals surface area (Å²) in [5.74, 6) is 1.38. The van der Waals surface area contributed by atoms with E-state index in [2.05, 4.69) is 58.0 Å². The van der Waals surface area contributed by atoms with Gasteiger partial charge in [0.2, 0.25) is 0 Å². The number of hydrogen-bond acceptors (Lipinski definition) is 3. The molecule has 1 aliphatic heterocycles. The zero-order chi connectivity index (χ0) is 20.9. The van der Waals surface area contributed by atoms with Gasteiger partial charge in [-0.3, -0.25) is 4.98 Å². The van der Waals surface area contributed by atoms with Crippen LogP contribution in [0.25, 0.3) is 11.4 Å². The van der Waals surface area contributed by atoms with Crippen LogP contribution < -0.4 is 5.32 Å². The highest BCUT2D eigenvalue weighted by Gasteiger charge is 2.25. The lowest BCUT2D eigenvalue weighted by atomic mass is 9.98. The molecule has 2 aromatic heterocycles. The zero-order valence-corrected chi connectivity index (χ0v) is 17.7. The minimum Gasteiger partial charge on any atom is -0.334 e. The first kappa shape index (κ1) is 20.1. The lowest BCUT2D eigenvalue weighted by Gasteiger charge is -2.33. The van der Waals surface area contributed by atoms with Crippen LogP contribution >= 0.6 is 0 Å². The number of hydrogen-bond donors (Lipinski definition) is 1. The molecule has 3 aromatic rings. The molecular formula is C24H29N5O. The first-order chi connectivity index (χ1) is 14.6. The number of carbonyl (C=O) groups is 1. The molecular weight excluding hydrogens is 374 g/mol. The fraction of sp³-hybridized carbons (Fsp3) is 0.375. The molecule has 1 aliphatic rings. The fourth-order valence-electron chi connectivity index (χ4n) is 4.07. The minimum absolute atomic E-state index is 0.0250. The van der Waals surface area contributed by atoms with Crippen molar-refractivity contribution in [1.29, 1.82) is 0 Å². The maximum absolute atomic E-state index is 12.7. The Balaban J connectivity index is 1.38. The minimum atomic E-state index is 0.0250. The predicted molar refractivity (Wildman–Crippen MR) is 118 cm³/mol. The molecule has 0 aliphatic carbocycles. The summed E-state index contributed by atoms with van der Waals surface area (Å²) in [7, 11) is 0. The number of aryl methyl sites for hydroxylation is 2. The normalized spacial score (nSPS) is 16.5. The Bertz CT molecular complexity index is 981. The Morgan fingerprint density at radius 1 is 1.13 bits per heavy atom. The predicted octanol–water partition coefficient (Wildman–Crippen LogP) is 4.18. The molecule has 30 heavy (non-hydrogen) atoms. The SMILES string of the molecule is Cc1ccc(CNC(=O)N2CCCC(Cn3c(C)cnc3-c3ccncc3)C2)cc1. The highest BCUT2D eigenvalue weighted by atomic mass is 16.2. The van der Waals surface area contributed by atoms with Gasteiger partial charge < -0.3 is 14.8 Å². The quantitative estimate of drug-likeness (QED) is 0.695. The summed E-state index contributed by atoms with van der Waals surface area (Å²) in [6, 6.07) is 12.3. The molecule has 1 saturated heterocycles. The summed E-state index contributed by atoms with van der Waals surface area (Å²) >= 11 is 0. The third-order valence-corrected chi connectivity index (χ3v) is 5.80. The molecule has 3 heterocycles. The van der Waals surface area contributed by atoms with Gasteiger partial charge in [-0.15, -0.1) is 0 Å². The second kappa shape index (κ2) is 9.11. The van der Waals surface area contributed by atoms with Gasteiger partial charge in [0.15, 0.2) is 0 Å². The number of piperidine rings is 1. The van der Waals surface area contributed by atoms with Crippen molar-refractivity contribution in [3.05, 3.63) is 71.8 Å². The second-order valence-electron chi connectivity index (χ2n) is 8.17. The molecule has 1 N–H and O–H groups in total. The van der Waals surface area contributed by atoms with Crippen LogP contribution in [0.2, 0.25) is 0 Å². The van der Waals surface area contributed by atoms with E-state index in [0.29, 0.717) is 12.5 Å². The maximum Gasteiger partial charge on any atom is 0.317 e. The fourth-order valence-corrected chi connectivity index (χ4v) is 4.07. The highest BCUT2D eigenvalue weighted by Crippen LogP contribution is 2.24. The molecule has 156 valence electrons. The standard InChI is InChI=1S/C24H29N5O/c1-18-5-7-20(8-6-18)15-27-24(30)28-13-3-4-21(16-28)17-29-19(2)14-26-23(29)22-9-11-25-12-10-22/h5-12,14,21H,3-4,13,15-17H2,1-2H3,(H,27,30). The van der Waals surface area contributed by atoms with E-state index in [1.807, 2.05) is 23.2 Å². The van der Waals surface area contributed by atoms with Crippen LogP contribution in [0.3, 0.4) is 0 Å². The molecule has 6 heteroatoms. The molecule has 1 unspecified atom stereocenters. The number of imidazole rings is 1. The molecule has 1 atom stereocenters. The average Bonchev–Trinajstić information content (AvgIpc) is 3.14. The molecule has 0 spiro atoms. The molecule has 0 saturated carbocycles. The lowest BCUT2D eigenvalue weighted by molar-refractivity contribution is 0.159. The maximum atomic E-state index is 12.7. The number of aromatic nitrogens is 3. The van der Waals surface area contributed by atoms with Crippen LogP contribution in [0.1, 0.15) is 29.7 Å². The largest absolute Gasteiger partial charge is 0.334 e. The first-order valence-electron chi connectivity index (χ1n) is 10.6. The second-order valence-corrected chi connectivity index (χ2v) is 8.17. The van der Waals surface area contributed by atoms with Gasteiger partial charge in [-0.1, -0.05) is 29.8 Å². The van der Waals surface area contributed by atoms with E-state index in [1.54, 1.807) is 12.4 Å². The van der Waals surface area contributed by atoms with Gasteiger partial charge in [-0.05, 0) is 50.3 Å². The third kappa shape index (κ3) is 4.70. The Morgan fingerprint density at radius 2 is 1.90 bits per heavy atom. The van der Waals surface area contributed by atoms with Crippen LogP contribution in [0.4, 0.5) is 4.79 Å². The van der Waals surface area contributed by atoms with Gasteiger partial charge in [0.1, 0.15) is 5.82 Å². The number of nitrogens with zero attached hydrogens (tertiary/aromatic N) is 4.